The van der Waals surface area contributed by atoms with E-state index in [9.17, 15) is 0 Å². The Morgan fingerprint density at radius 3 is 1.40 bits per heavy atom. The molecule has 5 heavy (non-hydrogen) atoms. The van der Waals surface area contributed by atoms with Crippen molar-refractivity contribution in [3.8, 4) is 0 Å². The average Bonchev–Trinajstić information content (AvgIpc) is 0.811. The second-order valence-electron chi connectivity index (χ2n) is 0.283. The fraction of sp³-hybridized carbons (Fsp3) is 0. The Kier molecular flexibility index (Phi) is 9.20. The molecule has 0 aliphatic carbocycles. The summed E-state index contributed by atoms with van der Waals surface area (Å²) in [6.07, 6.45) is 0. The summed E-state index contributed by atoms with van der Waals surface area (Å²) in [5.41, 5.74) is 0. The summed E-state index contributed by atoms with van der Waals surface area (Å²) in [7, 11) is 0. The minimum absolute atomic E-state index is 0. The van der Waals surface area contributed by atoms with Crippen molar-refractivity contribution in [3.05, 3.63) is 0 Å². The van der Waals surface area contributed by atoms with Gasteiger partial charge in [0.2, 0.25) is 0 Å². The number of hydrogen-bond donors (Lipinski definition) is 2. The molecule has 0 aliphatic rings. The third-order valence-corrected chi connectivity index (χ3v) is 0. The van der Waals surface area contributed by atoms with E-state index in [1.54, 1.807) is 0 Å². The summed E-state index contributed by atoms with van der Waals surface area (Å²) >= 11 is -3.58. The molecule has 0 bridgehead atoms. The van der Waals surface area contributed by atoms with Crippen LogP contribution in [0, 0.1) is 0 Å². The molecule has 0 aliphatic heterocycles. The van der Waals surface area contributed by atoms with Crippen molar-refractivity contribution < 1.29 is 45.8 Å². The van der Waals surface area contributed by atoms with Gasteiger partial charge in [0, 0.05) is 16.5 Å². The van der Waals surface area contributed by atoms with Crippen LogP contribution in [-0.4, -0.2) is 7.38 Å². The summed E-state index contributed by atoms with van der Waals surface area (Å²) in [5, 5.41) is 0. The van der Waals surface area contributed by atoms with Gasteiger partial charge in [-0.3, -0.25) is 0 Å². The van der Waals surface area contributed by atoms with Crippen LogP contribution in [0.25, 0.3) is 0 Å². The molecule has 0 aromatic heterocycles. The molecule has 5 heteroatoms. The molecule has 0 atom stereocenters. The molecule has 0 saturated carbocycles. The standard InChI is InChI=1S/Ni.2H2O.O.Ti/h;2*1H2;;/q;;;;+2/p-2. The molecular weight excluding hydrogens is 155 g/mol. The van der Waals surface area contributed by atoms with Gasteiger partial charge in [-0.25, -0.2) is 0 Å². The van der Waals surface area contributed by atoms with Gasteiger partial charge in [0.25, 0.3) is 0 Å². The van der Waals surface area contributed by atoms with Crippen LogP contribution in [0.4, 0.5) is 0 Å². The van der Waals surface area contributed by atoms with E-state index in [1.807, 2.05) is 0 Å². The first-order chi connectivity index (χ1) is 1.73. The summed E-state index contributed by atoms with van der Waals surface area (Å²) in [4.78, 5) is 0. The molecule has 0 unspecified atom stereocenters. The maximum atomic E-state index is 8.81. The van der Waals surface area contributed by atoms with Gasteiger partial charge in [-0.2, -0.15) is 0 Å². The van der Waals surface area contributed by atoms with Gasteiger partial charge >= 0.3 is 29.3 Å². The number of rotatable bonds is 0. The fourth-order valence-electron chi connectivity index (χ4n) is 0. The molecule has 0 radical (unpaired) electrons. The van der Waals surface area contributed by atoms with Crippen molar-refractivity contribution in [2.24, 2.45) is 0 Å². The van der Waals surface area contributed by atoms with E-state index >= 15 is 0 Å². The molecular formula is H2NiO3Ti. The van der Waals surface area contributed by atoms with Crippen LogP contribution in [0.3, 0.4) is 0 Å². The SMILES string of the molecule is [Ni].[O]=[Ti]([OH])[OH]. The van der Waals surface area contributed by atoms with Gasteiger partial charge in [0.05, 0.1) is 0 Å². The predicted molar refractivity (Wildman–Crippen MR) is 5.12 cm³/mol. The van der Waals surface area contributed by atoms with Gasteiger partial charge in [0.1, 0.15) is 0 Å². The quantitative estimate of drug-likeness (QED) is 0.432. The van der Waals surface area contributed by atoms with Crippen molar-refractivity contribution in [1.29, 1.82) is 0 Å². The van der Waals surface area contributed by atoms with Crippen LogP contribution in [0.15, 0.2) is 0 Å². The summed E-state index contributed by atoms with van der Waals surface area (Å²) in [6.45, 7) is 0. The zero-order chi connectivity index (χ0) is 3.58. The van der Waals surface area contributed by atoms with Gasteiger partial charge in [-0.05, 0) is 0 Å². The van der Waals surface area contributed by atoms with Crippen LogP contribution in [0.2, 0.25) is 0 Å². The topological polar surface area (TPSA) is 57.5 Å². The molecule has 0 heterocycles. The molecule has 34 valence electrons. The molecule has 0 fully saturated rings. The zero-order valence-corrected chi connectivity index (χ0v) is 4.67. The second-order valence-corrected chi connectivity index (χ2v) is 1.17. The monoisotopic (exact) mass is 156 g/mol. The van der Waals surface area contributed by atoms with Crippen LogP contribution in [-0.2, 0) is 38.4 Å². The Hall–Kier alpha value is 0.928. The van der Waals surface area contributed by atoms with Gasteiger partial charge < -0.3 is 0 Å². The second kappa shape index (κ2) is 4.93. The van der Waals surface area contributed by atoms with Crippen molar-refractivity contribution in [1.82, 2.24) is 0 Å². The summed E-state index contributed by atoms with van der Waals surface area (Å²) in [6, 6.07) is 0. The summed E-state index contributed by atoms with van der Waals surface area (Å²) < 4.78 is 23.2. The molecule has 2 N–H and O–H groups in total. The van der Waals surface area contributed by atoms with Crippen LogP contribution in [0.5, 0.6) is 0 Å². The molecule has 0 rings (SSSR count). The molecule has 0 spiro atoms. The van der Waals surface area contributed by atoms with Gasteiger partial charge in [-0.1, -0.05) is 0 Å². The van der Waals surface area contributed by atoms with Crippen molar-refractivity contribution >= 4 is 0 Å². The molecule has 0 aromatic rings. The van der Waals surface area contributed by atoms with E-state index in [1.165, 1.54) is 0 Å². The van der Waals surface area contributed by atoms with E-state index in [0.717, 1.165) is 0 Å². The van der Waals surface area contributed by atoms with Crippen molar-refractivity contribution in [3.63, 3.8) is 0 Å². The van der Waals surface area contributed by atoms with Crippen molar-refractivity contribution in [2.45, 2.75) is 0 Å². The molecule has 0 saturated heterocycles. The molecule has 0 aromatic carbocycles. The van der Waals surface area contributed by atoms with Crippen LogP contribution >= 0.6 is 0 Å². The minimum atomic E-state index is -3.58. The fourth-order valence-corrected chi connectivity index (χ4v) is 0. The average molecular weight is 157 g/mol. The zero-order valence-electron chi connectivity index (χ0n) is 2.12. The Morgan fingerprint density at radius 1 is 1.40 bits per heavy atom. The van der Waals surface area contributed by atoms with E-state index in [2.05, 4.69) is 0 Å². The molecule has 3 nitrogen and oxygen atoms in total. The summed E-state index contributed by atoms with van der Waals surface area (Å²) in [5.74, 6) is 0. The van der Waals surface area contributed by atoms with Crippen LogP contribution in [0.1, 0.15) is 0 Å². The normalized spacial score (nSPS) is 5.20. The van der Waals surface area contributed by atoms with Crippen LogP contribution < -0.4 is 0 Å². The van der Waals surface area contributed by atoms with E-state index < -0.39 is 18.6 Å². The van der Waals surface area contributed by atoms with E-state index in [0.29, 0.717) is 0 Å². The van der Waals surface area contributed by atoms with E-state index in [-0.39, 0.29) is 16.5 Å². The first-order valence-corrected chi connectivity index (χ1v) is 2.69. The van der Waals surface area contributed by atoms with Gasteiger partial charge in [-0.15, -0.1) is 0 Å². The Labute approximate surface area is 46.0 Å². The van der Waals surface area contributed by atoms with Crippen molar-refractivity contribution in [2.75, 3.05) is 0 Å². The first-order valence-electron chi connectivity index (χ1n) is 0.651. The maximum absolute atomic E-state index is 8.81. The number of hydrogen-bond acceptors (Lipinski definition) is 1. The Morgan fingerprint density at radius 2 is 1.40 bits per heavy atom. The first kappa shape index (κ1) is 9.33. The molecule has 0 amide bonds. The predicted octanol–water partition coefficient (Wildman–Crippen LogP) is -1.24. The van der Waals surface area contributed by atoms with Gasteiger partial charge in [0.15, 0.2) is 0 Å². The Balaban J connectivity index is 0. The third kappa shape index (κ3) is 49.1. The Bertz CT molecular complexity index is 29.9. The van der Waals surface area contributed by atoms with E-state index in [4.69, 9.17) is 10.7 Å². The third-order valence-electron chi connectivity index (χ3n) is 0.